The average molecular weight is 457 g/mol. The molecular weight excluding hydrogens is 431 g/mol. The SMILES string of the molecule is COc1ccc(N(CC(=O)N(c2ccccc2)C(C)C)S(=O)(=O)c2ccc(F)cc2)cc1. The second-order valence-electron chi connectivity index (χ2n) is 7.36. The van der Waals surface area contributed by atoms with Gasteiger partial charge in [-0.3, -0.25) is 9.10 Å². The molecule has 0 heterocycles. The summed E-state index contributed by atoms with van der Waals surface area (Å²) < 4.78 is 46.5. The lowest BCUT2D eigenvalue weighted by atomic mass is 10.2. The molecule has 0 unspecified atom stereocenters. The van der Waals surface area contributed by atoms with Crippen molar-refractivity contribution < 1.29 is 22.3 Å². The molecule has 0 saturated carbocycles. The van der Waals surface area contributed by atoms with E-state index in [0.29, 0.717) is 17.1 Å². The summed E-state index contributed by atoms with van der Waals surface area (Å²) in [4.78, 5) is 14.8. The summed E-state index contributed by atoms with van der Waals surface area (Å²) >= 11 is 0. The molecule has 0 saturated heterocycles. The molecule has 168 valence electrons. The van der Waals surface area contributed by atoms with Gasteiger partial charge in [0.2, 0.25) is 5.91 Å². The highest BCUT2D eigenvalue weighted by Crippen LogP contribution is 2.27. The summed E-state index contributed by atoms with van der Waals surface area (Å²) in [6.45, 7) is 3.29. The smallest absolute Gasteiger partial charge is 0.264 e. The first kappa shape index (κ1) is 23.3. The van der Waals surface area contributed by atoms with Gasteiger partial charge in [0.15, 0.2) is 0 Å². The number of hydrogen-bond acceptors (Lipinski definition) is 4. The standard InChI is InChI=1S/C24H25FN2O4S/c1-18(2)27(21-7-5-4-6-8-21)24(28)17-26(20-11-13-22(31-3)14-12-20)32(29,30)23-15-9-19(25)10-16-23/h4-16,18H,17H2,1-3H3. The van der Waals surface area contributed by atoms with Crippen molar-refractivity contribution >= 4 is 27.3 Å². The summed E-state index contributed by atoms with van der Waals surface area (Å²) in [5, 5.41) is 0. The lowest BCUT2D eigenvalue weighted by molar-refractivity contribution is -0.117. The minimum absolute atomic E-state index is 0.113. The summed E-state index contributed by atoms with van der Waals surface area (Å²) in [7, 11) is -2.64. The van der Waals surface area contributed by atoms with Crippen molar-refractivity contribution in [1.82, 2.24) is 0 Å². The van der Waals surface area contributed by atoms with Crippen molar-refractivity contribution in [2.45, 2.75) is 24.8 Å². The fourth-order valence-electron chi connectivity index (χ4n) is 3.32. The maximum absolute atomic E-state index is 13.5. The van der Waals surface area contributed by atoms with Gasteiger partial charge in [0.05, 0.1) is 17.7 Å². The number of anilines is 2. The number of nitrogens with zero attached hydrogens (tertiary/aromatic N) is 2. The largest absolute Gasteiger partial charge is 0.497 e. The van der Waals surface area contributed by atoms with Crippen LogP contribution in [0.1, 0.15) is 13.8 Å². The van der Waals surface area contributed by atoms with Gasteiger partial charge in [-0.05, 0) is 74.5 Å². The Morgan fingerprint density at radius 3 is 2.03 bits per heavy atom. The van der Waals surface area contributed by atoms with Crippen molar-refractivity contribution in [3.63, 3.8) is 0 Å². The van der Waals surface area contributed by atoms with E-state index in [1.165, 1.54) is 19.2 Å². The first-order valence-corrected chi connectivity index (χ1v) is 11.5. The first-order valence-electron chi connectivity index (χ1n) is 10.0. The molecule has 8 heteroatoms. The number of carbonyl (C=O) groups excluding carboxylic acids is 1. The number of sulfonamides is 1. The molecule has 0 spiro atoms. The number of halogens is 1. The van der Waals surface area contributed by atoms with E-state index in [9.17, 15) is 17.6 Å². The minimum atomic E-state index is -4.15. The van der Waals surface area contributed by atoms with Crippen LogP contribution >= 0.6 is 0 Å². The van der Waals surface area contributed by atoms with Crippen LogP contribution in [0, 0.1) is 5.82 Å². The molecule has 0 radical (unpaired) electrons. The van der Waals surface area contributed by atoms with Gasteiger partial charge in [-0.15, -0.1) is 0 Å². The van der Waals surface area contributed by atoms with Crippen molar-refractivity contribution in [2.75, 3.05) is 22.9 Å². The van der Waals surface area contributed by atoms with Crippen LogP contribution in [-0.4, -0.2) is 34.0 Å². The molecule has 3 rings (SSSR count). The van der Waals surface area contributed by atoms with Gasteiger partial charge >= 0.3 is 0 Å². The van der Waals surface area contributed by atoms with Crippen molar-refractivity contribution in [3.8, 4) is 5.75 Å². The predicted octanol–water partition coefficient (Wildman–Crippen LogP) is 4.47. The summed E-state index contributed by atoms with van der Waals surface area (Å²) in [5.74, 6) is -0.397. The molecule has 0 fully saturated rings. The van der Waals surface area contributed by atoms with Gasteiger partial charge in [0, 0.05) is 11.7 Å². The second-order valence-corrected chi connectivity index (χ2v) is 9.22. The molecule has 6 nitrogen and oxygen atoms in total. The summed E-state index contributed by atoms with van der Waals surface area (Å²) in [5.41, 5.74) is 0.960. The van der Waals surface area contributed by atoms with Gasteiger partial charge in [-0.2, -0.15) is 0 Å². The Labute approximate surface area is 187 Å². The van der Waals surface area contributed by atoms with Crippen LogP contribution in [0.5, 0.6) is 5.75 Å². The summed E-state index contributed by atoms with van der Waals surface area (Å²) in [6, 6.07) is 19.7. The topological polar surface area (TPSA) is 66.9 Å². The Morgan fingerprint density at radius 2 is 1.50 bits per heavy atom. The third-order valence-electron chi connectivity index (χ3n) is 4.86. The number of benzene rings is 3. The van der Waals surface area contributed by atoms with Gasteiger partial charge in [0.1, 0.15) is 18.1 Å². The molecule has 32 heavy (non-hydrogen) atoms. The maximum atomic E-state index is 13.5. The second kappa shape index (κ2) is 9.82. The number of para-hydroxylation sites is 1. The number of hydrogen-bond donors (Lipinski definition) is 0. The van der Waals surface area contributed by atoms with E-state index >= 15 is 0 Å². The third-order valence-corrected chi connectivity index (χ3v) is 6.65. The summed E-state index contributed by atoms with van der Waals surface area (Å²) in [6.07, 6.45) is 0. The lowest BCUT2D eigenvalue weighted by Crippen LogP contribution is -2.46. The van der Waals surface area contributed by atoms with Crippen LogP contribution in [0.15, 0.2) is 83.8 Å². The number of ether oxygens (including phenoxy) is 1. The average Bonchev–Trinajstić information content (AvgIpc) is 2.78. The van der Waals surface area contributed by atoms with E-state index in [1.807, 2.05) is 32.0 Å². The number of amides is 1. The normalized spacial score (nSPS) is 11.3. The van der Waals surface area contributed by atoms with Crippen molar-refractivity contribution in [3.05, 3.63) is 84.7 Å². The Balaban J connectivity index is 2.03. The minimum Gasteiger partial charge on any atom is -0.497 e. The number of carbonyl (C=O) groups is 1. The van der Waals surface area contributed by atoms with Crippen LogP contribution in [0.2, 0.25) is 0 Å². The Hall–Kier alpha value is -3.39. The van der Waals surface area contributed by atoms with Crippen LogP contribution in [0.4, 0.5) is 15.8 Å². The van der Waals surface area contributed by atoms with Gasteiger partial charge in [-0.25, -0.2) is 12.8 Å². The van der Waals surface area contributed by atoms with E-state index in [1.54, 1.807) is 41.3 Å². The van der Waals surface area contributed by atoms with Crippen molar-refractivity contribution in [2.24, 2.45) is 0 Å². The van der Waals surface area contributed by atoms with E-state index in [0.717, 1.165) is 16.4 Å². The van der Waals surface area contributed by atoms with E-state index in [-0.39, 0.29) is 10.9 Å². The zero-order chi connectivity index (χ0) is 23.3. The Bertz CT molecular complexity index is 1150. The molecule has 3 aromatic rings. The van der Waals surface area contributed by atoms with Gasteiger partial charge in [-0.1, -0.05) is 18.2 Å². The fourth-order valence-corrected chi connectivity index (χ4v) is 4.73. The molecular formula is C24H25FN2O4S. The molecule has 0 bridgehead atoms. The van der Waals surface area contributed by atoms with Gasteiger partial charge < -0.3 is 9.64 Å². The Morgan fingerprint density at radius 1 is 0.906 bits per heavy atom. The quantitative estimate of drug-likeness (QED) is 0.502. The number of rotatable bonds is 8. The molecule has 1 amide bonds. The highest BCUT2D eigenvalue weighted by molar-refractivity contribution is 7.92. The molecule has 0 atom stereocenters. The molecule has 0 aromatic heterocycles. The fraction of sp³-hybridized carbons (Fsp3) is 0.208. The molecule has 0 aliphatic carbocycles. The zero-order valence-corrected chi connectivity index (χ0v) is 18.9. The van der Waals surface area contributed by atoms with Gasteiger partial charge in [0.25, 0.3) is 10.0 Å². The first-order chi connectivity index (χ1) is 15.2. The number of methoxy groups -OCH3 is 1. The van der Waals surface area contributed by atoms with Crippen LogP contribution in [0.3, 0.4) is 0 Å². The molecule has 3 aromatic carbocycles. The van der Waals surface area contributed by atoms with Crippen LogP contribution < -0.4 is 13.9 Å². The van der Waals surface area contributed by atoms with E-state index < -0.39 is 28.3 Å². The molecule has 0 aliphatic heterocycles. The van der Waals surface area contributed by atoms with Crippen molar-refractivity contribution in [1.29, 1.82) is 0 Å². The predicted molar refractivity (Wildman–Crippen MR) is 123 cm³/mol. The van der Waals surface area contributed by atoms with E-state index in [2.05, 4.69) is 0 Å². The lowest BCUT2D eigenvalue weighted by Gasteiger charge is -2.31. The van der Waals surface area contributed by atoms with E-state index in [4.69, 9.17) is 4.74 Å². The monoisotopic (exact) mass is 456 g/mol. The third kappa shape index (κ3) is 5.08. The van der Waals surface area contributed by atoms with Crippen LogP contribution in [0.25, 0.3) is 0 Å². The van der Waals surface area contributed by atoms with Crippen LogP contribution in [-0.2, 0) is 14.8 Å². The zero-order valence-electron chi connectivity index (χ0n) is 18.1. The molecule has 0 aliphatic rings. The Kier molecular flexibility index (Phi) is 7.15. The highest BCUT2D eigenvalue weighted by atomic mass is 32.2. The highest BCUT2D eigenvalue weighted by Gasteiger charge is 2.30. The molecule has 0 N–H and O–H groups in total. The maximum Gasteiger partial charge on any atom is 0.264 e.